The van der Waals surface area contributed by atoms with Gasteiger partial charge < -0.3 is 20.3 Å². The average molecular weight is 574 g/mol. The van der Waals surface area contributed by atoms with E-state index < -0.39 is 0 Å². The smallest absolute Gasteiger partial charge is 0.232 e. The molecule has 40 heavy (non-hydrogen) atoms. The molecule has 11 heteroatoms. The molecule has 4 heterocycles. The van der Waals surface area contributed by atoms with Gasteiger partial charge in [0.15, 0.2) is 10.3 Å². The zero-order valence-corrected chi connectivity index (χ0v) is 23.3. The summed E-state index contributed by atoms with van der Waals surface area (Å²) < 4.78 is 19.3. The predicted molar refractivity (Wildman–Crippen MR) is 157 cm³/mol. The Balaban J connectivity index is 1.21. The zero-order valence-electron chi connectivity index (χ0n) is 21.7. The highest BCUT2D eigenvalue weighted by Gasteiger charge is 2.34. The third-order valence-corrected chi connectivity index (χ3v) is 8.37. The molecule has 0 radical (unpaired) electrons. The van der Waals surface area contributed by atoms with Gasteiger partial charge in [-0.2, -0.15) is 4.98 Å². The minimum absolute atomic E-state index is 0.215. The Kier molecular flexibility index (Phi) is 7.85. The average Bonchev–Trinajstić information content (AvgIpc) is 3.42. The van der Waals surface area contributed by atoms with Crippen molar-refractivity contribution >= 4 is 40.9 Å². The number of hydrogen-bond acceptors (Lipinski definition) is 8. The fourth-order valence-corrected chi connectivity index (χ4v) is 6.01. The van der Waals surface area contributed by atoms with E-state index >= 15 is 0 Å². The number of aromatic nitrogens is 4. The first kappa shape index (κ1) is 26.5. The quantitative estimate of drug-likeness (QED) is 0.177. The second kappa shape index (κ2) is 11.8. The highest BCUT2D eigenvalue weighted by molar-refractivity contribution is 7.99. The van der Waals surface area contributed by atoms with Crippen molar-refractivity contribution in [3.05, 3.63) is 95.6 Å². The van der Waals surface area contributed by atoms with Gasteiger partial charge >= 0.3 is 0 Å². The Morgan fingerprint density at radius 2 is 1.68 bits per heavy atom. The third-order valence-electron chi connectivity index (χ3n) is 7.31. The van der Waals surface area contributed by atoms with Crippen LogP contribution < -0.4 is 15.5 Å². The molecule has 0 saturated carbocycles. The number of fused-ring (bicyclic) bond motifs is 1. The van der Waals surface area contributed by atoms with Gasteiger partial charge in [0.25, 0.3) is 0 Å². The molecule has 0 amide bonds. The molecule has 2 aliphatic heterocycles. The second-order valence-electron chi connectivity index (χ2n) is 9.85. The van der Waals surface area contributed by atoms with E-state index in [0.29, 0.717) is 41.0 Å². The van der Waals surface area contributed by atoms with E-state index in [2.05, 4.69) is 49.8 Å². The van der Waals surface area contributed by atoms with Crippen molar-refractivity contribution in [3.63, 3.8) is 0 Å². The van der Waals surface area contributed by atoms with Gasteiger partial charge in [0.05, 0.1) is 0 Å². The van der Waals surface area contributed by atoms with E-state index in [1.165, 1.54) is 35.0 Å². The number of hydrogen-bond donors (Lipinski definition) is 2. The van der Waals surface area contributed by atoms with Crippen LogP contribution in [-0.4, -0.2) is 44.8 Å². The van der Waals surface area contributed by atoms with Crippen LogP contribution in [0.2, 0.25) is 0 Å². The van der Waals surface area contributed by atoms with Crippen LogP contribution in [0.1, 0.15) is 29.5 Å². The van der Waals surface area contributed by atoms with Crippen LogP contribution in [0, 0.1) is 5.82 Å². The number of halogens is 1. The van der Waals surface area contributed by atoms with E-state index in [1.54, 1.807) is 18.5 Å². The molecular formula is C29H28FN7OS2. The number of nitrogens with one attached hydrogen (secondary N) is 2. The van der Waals surface area contributed by atoms with Crippen LogP contribution in [0.4, 0.5) is 16.2 Å². The lowest BCUT2D eigenvalue weighted by Crippen LogP contribution is -2.45. The van der Waals surface area contributed by atoms with Gasteiger partial charge in [0, 0.05) is 56.7 Å². The third kappa shape index (κ3) is 6.06. The molecular weight excluding hydrogens is 545 g/mol. The van der Waals surface area contributed by atoms with Gasteiger partial charge in [0.2, 0.25) is 5.95 Å². The van der Waals surface area contributed by atoms with E-state index in [4.69, 9.17) is 26.9 Å². The number of anilines is 2. The summed E-state index contributed by atoms with van der Waals surface area (Å²) in [4.78, 5) is 20.4. The van der Waals surface area contributed by atoms with Crippen molar-refractivity contribution in [1.29, 1.82) is 0 Å². The standard InChI is InChI=1S/C29H28FN7OS2/c30-23-8-6-22(7-9-23)29(10-14-38-15-11-29)19-33-27(39)36-26-34-24(37-17-20-4-1-2-5-21(20)18-37)16-25(35-26)40-28-31-12-3-13-32-28/h1-9,12-13,16H,10-11,14-15,17-19H2,(H2,33,34,35,36,39). The minimum Gasteiger partial charge on any atom is -0.381 e. The molecule has 8 nitrogen and oxygen atoms in total. The summed E-state index contributed by atoms with van der Waals surface area (Å²) in [6.07, 6.45) is 5.04. The molecule has 0 aliphatic carbocycles. The highest BCUT2D eigenvalue weighted by Crippen LogP contribution is 2.35. The maximum absolute atomic E-state index is 13.6. The molecule has 4 aromatic rings. The van der Waals surface area contributed by atoms with Crippen molar-refractivity contribution in [2.75, 3.05) is 30.0 Å². The lowest BCUT2D eigenvalue weighted by molar-refractivity contribution is 0.0515. The summed E-state index contributed by atoms with van der Waals surface area (Å²) in [6, 6.07) is 18.9. The topological polar surface area (TPSA) is 88.1 Å². The van der Waals surface area contributed by atoms with Crippen LogP contribution in [0.25, 0.3) is 0 Å². The van der Waals surface area contributed by atoms with Crippen molar-refractivity contribution < 1.29 is 9.13 Å². The molecule has 2 aromatic heterocycles. The zero-order chi connectivity index (χ0) is 27.4. The Bertz CT molecular complexity index is 1460. The molecule has 2 aliphatic rings. The van der Waals surface area contributed by atoms with Gasteiger partial charge in [0.1, 0.15) is 16.7 Å². The number of thiocarbonyl (C=S) groups is 1. The van der Waals surface area contributed by atoms with Gasteiger partial charge in [-0.25, -0.2) is 19.3 Å². The molecule has 0 bridgehead atoms. The van der Waals surface area contributed by atoms with E-state index in [-0.39, 0.29) is 11.2 Å². The van der Waals surface area contributed by atoms with Crippen molar-refractivity contribution in [2.45, 2.75) is 41.5 Å². The van der Waals surface area contributed by atoms with E-state index in [0.717, 1.165) is 37.3 Å². The summed E-state index contributed by atoms with van der Waals surface area (Å²) in [5.41, 5.74) is 3.43. The maximum Gasteiger partial charge on any atom is 0.232 e. The van der Waals surface area contributed by atoms with Crippen LogP contribution in [0.5, 0.6) is 0 Å². The Morgan fingerprint density at radius 3 is 2.38 bits per heavy atom. The van der Waals surface area contributed by atoms with Crippen LogP contribution in [0.15, 0.2) is 83.2 Å². The Morgan fingerprint density at radius 1 is 0.975 bits per heavy atom. The lowest BCUT2D eigenvalue weighted by Gasteiger charge is -2.38. The van der Waals surface area contributed by atoms with E-state index in [9.17, 15) is 4.39 Å². The largest absolute Gasteiger partial charge is 0.381 e. The van der Waals surface area contributed by atoms with Crippen LogP contribution in [-0.2, 0) is 23.2 Å². The molecule has 2 aromatic carbocycles. The van der Waals surface area contributed by atoms with Gasteiger partial charge in [-0.05, 0) is 71.7 Å². The normalized spacial score (nSPS) is 15.9. The summed E-state index contributed by atoms with van der Waals surface area (Å²) >= 11 is 7.07. The number of nitrogens with zero attached hydrogens (tertiary/aromatic N) is 5. The summed E-state index contributed by atoms with van der Waals surface area (Å²) in [6.45, 7) is 3.40. The first-order valence-corrected chi connectivity index (χ1v) is 14.3. The molecule has 6 rings (SSSR count). The van der Waals surface area contributed by atoms with Crippen LogP contribution in [0.3, 0.4) is 0 Å². The minimum atomic E-state index is -0.246. The molecule has 0 atom stereocenters. The maximum atomic E-state index is 13.6. The fraction of sp³-hybridized carbons (Fsp3) is 0.276. The molecule has 1 saturated heterocycles. The van der Waals surface area contributed by atoms with E-state index in [1.807, 2.05) is 18.2 Å². The molecule has 0 unspecified atom stereocenters. The number of ether oxygens (including phenoxy) is 1. The molecule has 0 spiro atoms. The molecule has 2 N–H and O–H groups in total. The monoisotopic (exact) mass is 573 g/mol. The van der Waals surface area contributed by atoms with Crippen molar-refractivity contribution in [1.82, 2.24) is 25.3 Å². The molecule has 204 valence electrons. The van der Waals surface area contributed by atoms with Crippen molar-refractivity contribution in [2.24, 2.45) is 0 Å². The fourth-order valence-electron chi connectivity index (χ4n) is 5.14. The van der Waals surface area contributed by atoms with Crippen molar-refractivity contribution in [3.8, 4) is 0 Å². The first-order chi connectivity index (χ1) is 19.6. The van der Waals surface area contributed by atoms with Gasteiger partial charge in [-0.3, -0.25) is 0 Å². The van der Waals surface area contributed by atoms with Gasteiger partial charge in [-0.15, -0.1) is 0 Å². The summed E-state index contributed by atoms with van der Waals surface area (Å²) in [7, 11) is 0. The summed E-state index contributed by atoms with van der Waals surface area (Å²) in [5, 5.41) is 8.30. The molecule has 1 fully saturated rings. The SMILES string of the molecule is Fc1ccc(C2(CNC(=S)Nc3nc(Sc4ncccn4)cc(N4Cc5ccccc5C4)n3)CCOCC2)cc1. The summed E-state index contributed by atoms with van der Waals surface area (Å²) in [5.74, 6) is 0.943. The lowest BCUT2D eigenvalue weighted by atomic mass is 9.74. The predicted octanol–water partition coefficient (Wildman–Crippen LogP) is 5.11. The Hall–Kier alpha value is -3.67. The highest BCUT2D eigenvalue weighted by atomic mass is 32.2. The van der Waals surface area contributed by atoms with Crippen LogP contribution >= 0.6 is 24.0 Å². The first-order valence-electron chi connectivity index (χ1n) is 13.1. The number of benzene rings is 2. The second-order valence-corrected chi connectivity index (χ2v) is 11.2. The number of rotatable bonds is 7. The Labute approximate surface area is 241 Å². The van der Waals surface area contributed by atoms with Gasteiger partial charge in [-0.1, -0.05) is 36.4 Å².